The average Bonchev–Trinajstić information content (AvgIpc) is 3.24. The van der Waals surface area contributed by atoms with Crippen LogP contribution >= 0.6 is 0 Å². The molecule has 0 bridgehead atoms. The van der Waals surface area contributed by atoms with Crippen molar-refractivity contribution in [2.24, 2.45) is 5.92 Å². The van der Waals surface area contributed by atoms with Gasteiger partial charge in [0.15, 0.2) is 0 Å². The van der Waals surface area contributed by atoms with E-state index in [4.69, 9.17) is 0 Å². The van der Waals surface area contributed by atoms with Gasteiger partial charge in [-0.2, -0.15) is 4.31 Å². The number of halogens is 1. The second-order valence-corrected chi connectivity index (χ2v) is 9.20. The van der Waals surface area contributed by atoms with Crippen LogP contribution in [0.25, 0.3) is 5.69 Å². The standard InChI is InChI=1S/C22H23FN2O2S/c23-20-4-3-5-22(17-20)28(26,27)25-14-10-19(11-15-25)16-18-6-8-21(9-7-18)24-12-1-2-13-24/h1-9,12-13,17,19H,10-11,14-16H2. The summed E-state index contributed by atoms with van der Waals surface area (Å²) in [5.41, 5.74) is 2.40. The molecule has 2 aromatic carbocycles. The van der Waals surface area contributed by atoms with E-state index in [1.165, 1.54) is 28.1 Å². The summed E-state index contributed by atoms with van der Waals surface area (Å²) >= 11 is 0. The van der Waals surface area contributed by atoms with Gasteiger partial charge in [-0.05, 0) is 73.2 Å². The smallest absolute Gasteiger partial charge is 0.243 e. The summed E-state index contributed by atoms with van der Waals surface area (Å²) < 4.78 is 42.4. The van der Waals surface area contributed by atoms with Gasteiger partial charge in [0, 0.05) is 31.2 Å². The van der Waals surface area contributed by atoms with Crippen molar-refractivity contribution in [1.82, 2.24) is 8.87 Å². The molecule has 0 spiro atoms. The predicted octanol–water partition coefficient (Wildman–Crippen LogP) is 4.26. The maximum atomic E-state index is 13.4. The fourth-order valence-electron chi connectivity index (χ4n) is 3.77. The van der Waals surface area contributed by atoms with Crippen molar-refractivity contribution in [3.8, 4) is 5.69 Å². The van der Waals surface area contributed by atoms with Crippen LogP contribution in [-0.2, 0) is 16.4 Å². The second-order valence-electron chi connectivity index (χ2n) is 7.27. The number of hydrogen-bond acceptors (Lipinski definition) is 2. The number of benzene rings is 2. The topological polar surface area (TPSA) is 42.3 Å². The van der Waals surface area contributed by atoms with Crippen molar-refractivity contribution in [2.75, 3.05) is 13.1 Å². The molecule has 0 amide bonds. The van der Waals surface area contributed by atoms with E-state index in [0.29, 0.717) is 19.0 Å². The van der Waals surface area contributed by atoms with Gasteiger partial charge >= 0.3 is 0 Å². The predicted molar refractivity (Wildman–Crippen MR) is 107 cm³/mol. The Kier molecular flexibility index (Phi) is 5.33. The number of rotatable bonds is 5. The van der Waals surface area contributed by atoms with Gasteiger partial charge in [-0.3, -0.25) is 0 Å². The summed E-state index contributed by atoms with van der Waals surface area (Å²) in [6.45, 7) is 0.954. The Morgan fingerprint density at radius 2 is 1.61 bits per heavy atom. The monoisotopic (exact) mass is 398 g/mol. The number of nitrogens with zero attached hydrogens (tertiary/aromatic N) is 2. The fourth-order valence-corrected chi connectivity index (χ4v) is 5.28. The molecule has 1 aliphatic rings. The quantitative estimate of drug-likeness (QED) is 0.644. The van der Waals surface area contributed by atoms with Gasteiger partial charge in [0.2, 0.25) is 10.0 Å². The SMILES string of the molecule is O=S(=O)(c1cccc(F)c1)N1CCC(Cc2ccc(-n3cccc3)cc2)CC1. The highest BCUT2D eigenvalue weighted by Gasteiger charge is 2.29. The summed E-state index contributed by atoms with van der Waals surface area (Å²) in [6, 6.07) is 17.7. The van der Waals surface area contributed by atoms with Crippen molar-refractivity contribution < 1.29 is 12.8 Å². The Morgan fingerprint density at radius 1 is 0.929 bits per heavy atom. The van der Waals surface area contributed by atoms with E-state index in [1.807, 2.05) is 24.5 Å². The molecule has 0 N–H and O–H groups in total. The first-order valence-electron chi connectivity index (χ1n) is 9.50. The number of piperidine rings is 1. The third-order valence-corrected chi connectivity index (χ3v) is 7.27. The zero-order valence-electron chi connectivity index (χ0n) is 15.5. The molecule has 4 rings (SSSR count). The summed E-state index contributed by atoms with van der Waals surface area (Å²) in [5.74, 6) is -0.0734. The fraction of sp³-hybridized carbons (Fsp3) is 0.273. The Hall–Kier alpha value is -2.44. The molecule has 0 atom stereocenters. The van der Waals surface area contributed by atoms with Crippen LogP contribution in [0.15, 0.2) is 78.0 Å². The lowest BCUT2D eigenvalue weighted by atomic mass is 9.91. The van der Waals surface area contributed by atoms with Gasteiger partial charge in [-0.15, -0.1) is 0 Å². The van der Waals surface area contributed by atoms with Crippen LogP contribution in [0.3, 0.4) is 0 Å². The van der Waals surface area contributed by atoms with Crippen LogP contribution in [0, 0.1) is 11.7 Å². The van der Waals surface area contributed by atoms with Crippen molar-refractivity contribution in [3.63, 3.8) is 0 Å². The highest BCUT2D eigenvalue weighted by atomic mass is 32.2. The molecule has 6 heteroatoms. The van der Waals surface area contributed by atoms with Crippen molar-refractivity contribution >= 4 is 10.0 Å². The number of hydrogen-bond donors (Lipinski definition) is 0. The summed E-state index contributed by atoms with van der Waals surface area (Å²) in [4.78, 5) is 0.0338. The van der Waals surface area contributed by atoms with Crippen LogP contribution in [0.2, 0.25) is 0 Å². The first-order chi connectivity index (χ1) is 13.5. The van der Waals surface area contributed by atoms with Crippen LogP contribution in [0.1, 0.15) is 18.4 Å². The maximum absolute atomic E-state index is 13.4. The first-order valence-corrected chi connectivity index (χ1v) is 10.9. The molecule has 0 aliphatic carbocycles. The van der Waals surface area contributed by atoms with Gasteiger partial charge < -0.3 is 4.57 Å². The minimum absolute atomic E-state index is 0.0338. The summed E-state index contributed by atoms with van der Waals surface area (Å²) in [7, 11) is -3.62. The van der Waals surface area contributed by atoms with Crippen molar-refractivity contribution in [1.29, 1.82) is 0 Å². The minimum Gasteiger partial charge on any atom is -0.324 e. The van der Waals surface area contributed by atoms with Crippen LogP contribution in [0.4, 0.5) is 4.39 Å². The zero-order valence-corrected chi connectivity index (χ0v) is 16.4. The van der Waals surface area contributed by atoms with E-state index in [2.05, 4.69) is 28.8 Å². The molecule has 0 saturated carbocycles. The van der Waals surface area contributed by atoms with E-state index in [-0.39, 0.29) is 4.90 Å². The molecule has 1 fully saturated rings. The van der Waals surface area contributed by atoms with Gasteiger partial charge in [0.05, 0.1) is 4.90 Å². The third-order valence-electron chi connectivity index (χ3n) is 5.37. The Morgan fingerprint density at radius 3 is 2.25 bits per heavy atom. The van der Waals surface area contributed by atoms with Crippen molar-refractivity contribution in [2.45, 2.75) is 24.2 Å². The van der Waals surface area contributed by atoms with E-state index < -0.39 is 15.8 Å². The molecule has 0 unspecified atom stereocenters. The molecular formula is C22H23FN2O2S. The Labute approximate surface area is 165 Å². The lowest BCUT2D eigenvalue weighted by molar-refractivity contribution is 0.273. The first kappa shape index (κ1) is 18.9. The minimum atomic E-state index is -3.62. The normalized spacial score (nSPS) is 16.3. The summed E-state index contributed by atoms with van der Waals surface area (Å²) in [6.07, 6.45) is 6.61. The third kappa shape index (κ3) is 4.03. The van der Waals surface area contributed by atoms with E-state index in [9.17, 15) is 12.8 Å². The molecule has 1 saturated heterocycles. The molecular weight excluding hydrogens is 375 g/mol. The molecule has 28 heavy (non-hydrogen) atoms. The molecule has 0 radical (unpaired) electrons. The van der Waals surface area contributed by atoms with Crippen LogP contribution in [-0.4, -0.2) is 30.4 Å². The molecule has 1 aliphatic heterocycles. The van der Waals surface area contributed by atoms with E-state index >= 15 is 0 Å². The highest BCUT2D eigenvalue weighted by Crippen LogP contribution is 2.26. The molecule has 1 aromatic heterocycles. The van der Waals surface area contributed by atoms with Crippen LogP contribution in [0.5, 0.6) is 0 Å². The second kappa shape index (κ2) is 7.89. The lowest BCUT2D eigenvalue weighted by Gasteiger charge is -2.31. The van der Waals surface area contributed by atoms with Crippen LogP contribution < -0.4 is 0 Å². The molecule has 4 nitrogen and oxygen atoms in total. The van der Waals surface area contributed by atoms with Crippen molar-refractivity contribution in [3.05, 3.63) is 84.4 Å². The van der Waals surface area contributed by atoms with Gasteiger partial charge in [0.25, 0.3) is 0 Å². The highest BCUT2D eigenvalue weighted by molar-refractivity contribution is 7.89. The van der Waals surface area contributed by atoms with Gasteiger partial charge in [-0.1, -0.05) is 18.2 Å². The molecule has 146 valence electrons. The Balaban J connectivity index is 1.36. The largest absolute Gasteiger partial charge is 0.324 e. The lowest BCUT2D eigenvalue weighted by Crippen LogP contribution is -2.38. The molecule has 2 heterocycles. The van der Waals surface area contributed by atoms with Gasteiger partial charge in [-0.25, -0.2) is 12.8 Å². The Bertz CT molecular complexity index is 1020. The maximum Gasteiger partial charge on any atom is 0.243 e. The number of aromatic nitrogens is 1. The molecule has 3 aromatic rings. The summed E-state index contributed by atoms with van der Waals surface area (Å²) in [5, 5.41) is 0. The van der Waals surface area contributed by atoms with E-state index in [0.717, 1.165) is 31.0 Å². The zero-order chi connectivity index (χ0) is 19.6. The van der Waals surface area contributed by atoms with E-state index in [1.54, 1.807) is 0 Å². The number of sulfonamides is 1. The van der Waals surface area contributed by atoms with Gasteiger partial charge in [0.1, 0.15) is 5.82 Å². The average molecular weight is 399 g/mol.